The number of nitrogens with zero attached hydrogens (tertiary/aromatic N) is 1. The van der Waals surface area contributed by atoms with E-state index in [4.69, 9.17) is 0 Å². The topological polar surface area (TPSA) is 30.0 Å². The summed E-state index contributed by atoms with van der Waals surface area (Å²) in [4.78, 5) is 15.9. The molecule has 3 heteroatoms. The summed E-state index contributed by atoms with van der Waals surface area (Å²) in [7, 11) is 0. The molecule has 0 aliphatic heterocycles. The standard InChI is InChI=1S/C9H11NOS/c1-6(11)8-5-10-9(12-8)4-7-2-3-7/h5,7H,2-4H2,1H3. The van der Waals surface area contributed by atoms with Crippen LogP contribution in [-0.2, 0) is 6.42 Å². The summed E-state index contributed by atoms with van der Waals surface area (Å²) >= 11 is 1.55. The van der Waals surface area contributed by atoms with Crippen LogP contribution in [0.5, 0.6) is 0 Å². The highest BCUT2D eigenvalue weighted by atomic mass is 32.1. The van der Waals surface area contributed by atoms with Crippen LogP contribution in [0.2, 0.25) is 0 Å². The quantitative estimate of drug-likeness (QED) is 0.670. The second-order valence-corrected chi connectivity index (χ2v) is 4.44. The molecule has 0 atom stereocenters. The van der Waals surface area contributed by atoms with E-state index in [9.17, 15) is 4.79 Å². The fourth-order valence-electron chi connectivity index (χ4n) is 1.14. The number of rotatable bonds is 3. The normalized spacial score (nSPS) is 16.4. The maximum atomic E-state index is 10.9. The van der Waals surface area contributed by atoms with Gasteiger partial charge in [0.1, 0.15) is 0 Å². The molecule has 0 spiro atoms. The molecule has 64 valence electrons. The molecule has 1 aliphatic rings. The molecular formula is C9H11NOS. The summed E-state index contributed by atoms with van der Waals surface area (Å²) in [6.07, 6.45) is 5.46. The molecule has 1 saturated carbocycles. The Morgan fingerprint density at radius 3 is 3.00 bits per heavy atom. The summed E-state index contributed by atoms with van der Waals surface area (Å²) in [6.45, 7) is 1.59. The second kappa shape index (κ2) is 2.98. The van der Waals surface area contributed by atoms with Crippen LogP contribution in [0, 0.1) is 5.92 Å². The molecule has 0 saturated heterocycles. The van der Waals surface area contributed by atoms with Crippen LogP contribution in [-0.4, -0.2) is 10.8 Å². The molecule has 12 heavy (non-hydrogen) atoms. The zero-order valence-electron chi connectivity index (χ0n) is 7.04. The predicted octanol–water partition coefficient (Wildman–Crippen LogP) is 2.30. The van der Waals surface area contributed by atoms with Crippen LogP contribution in [0.1, 0.15) is 34.4 Å². The molecule has 0 unspecified atom stereocenters. The summed E-state index contributed by atoms with van der Waals surface area (Å²) in [6, 6.07) is 0. The molecule has 1 fully saturated rings. The lowest BCUT2D eigenvalue weighted by molar-refractivity contribution is 0.102. The SMILES string of the molecule is CC(=O)c1cnc(CC2CC2)s1. The maximum Gasteiger partial charge on any atom is 0.171 e. The molecule has 2 rings (SSSR count). The molecule has 1 aliphatic carbocycles. The van der Waals surface area contributed by atoms with Crippen LogP contribution in [0.4, 0.5) is 0 Å². The third-order valence-electron chi connectivity index (χ3n) is 2.06. The first-order chi connectivity index (χ1) is 5.75. The van der Waals surface area contributed by atoms with E-state index in [-0.39, 0.29) is 5.78 Å². The van der Waals surface area contributed by atoms with Crippen molar-refractivity contribution in [3.63, 3.8) is 0 Å². The van der Waals surface area contributed by atoms with Crippen LogP contribution in [0.3, 0.4) is 0 Å². The van der Waals surface area contributed by atoms with Crippen LogP contribution in [0.15, 0.2) is 6.20 Å². The van der Waals surface area contributed by atoms with Gasteiger partial charge in [-0.15, -0.1) is 11.3 Å². The van der Waals surface area contributed by atoms with Crippen molar-refractivity contribution in [2.24, 2.45) is 5.92 Å². The van der Waals surface area contributed by atoms with Gasteiger partial charge in [0, 0.05) is 19.5 Å². The summed E-state index contributed by atoms with van der Waals surface area (Å²) < 4.78 is 0. The Morgan fingerprint density at radius 1 is 1.75 bits per heavy atom. The van der Waals surface area contributed by atoms with Crippen molar-refractivity contribution in [1.82, 2.24) is 4.98 Å². The van der Waals surface area contributed by atoms with Gasteiger partial charge in [-0.05, 0) is 18.8 Å². The van der Waals surface area contributed by atoms with E-state index < -0.39 is 0 Å². The van der Waals surface area contributed by atoms with Crippen molar-refractivity contribution in [2.75, 3.05) is 0 Å². The first-order valence-electron chi connectivity index (χ1n) is 4.21. The van der Waals surface area contributed by atoms with Crippen molar-refractivity contribution in [2.45, 2.75) is 26.2 Å². The average Bonchev–Trinajstić information content (AvgIpc) is 2.66. The minimum Gasteiger partial charge on any atom is -0.294 e. The number of carbonyl (C=O) groups is 1. The van der Waals surface area contributed by atoms with Gasteiger partial charge in [0.05, 0.1) is 9.88 Å². The van der Waals surface area contributed by atoms with Crippen molar-refractivity contribution in [3.8, 4) is 0 Å². The average molecular weight is 181 g/mol. The molecule has 0 amide bonds. The Labute approximate surface area is 75.6 Å². The first kappa shape index (κ1) is 7.92. The van der Waals surface area contributed by atoms with Gasteiger partial charge in [-0.1, -0.05) is 0 Å². The minimum atomic E-state index is 0.134. The number of ketones is 1. The second-order valence-electron chi connectivity index (χ2n) is 3.32. The highest BCUT2D eigenvalue weighted by Crippen LogP contribution is 2.33. The molecule has 0 aromatic carbocycles. The lowest BCUT2D eigenvalue weighted by Crippen LogP contribution is -1.84. The van der Waals surface area contributed by atoms with Gasteiger partial charge in [0.2, 0.25) is 0 Å². The van der Waals surface area contributed by atoms with Gasteiger partial charge in [-0.25, -0.2) is 4.98 Å². The Kier molecular flexibility index (Phi) is 1.97. The number of aromatic nitrogens is 1. The lowest BCUT2D eigenvalue weighted by atomic mass is 10.3. The van der Waals surface area contributed by atoms with E-state index in [0.29, 0.717) is 0 Å². The largest absolute Gasteiger partial charge is 0.294 e. The molecule has 2 nitrogen and oxygen atoms in total. The Bertz CT molecular complexity index is 301. The van der Waals surface area contributed by atoms with Gasteiger partial charge in [-0.3, -0.25) is 4.79 Å². The third kappa shape index (κ3) is 1.72. The van der Waals surface area contributed by atoms with E-state index >= 15 is 0 Å². The smallest absolute Gasteiger partial charge is 0.171 e. The Morgan fingerprint density at radius 2 is 2.50 bits per heavy atom. The number of thiazole rings is 1. The van der Waals surface area contributed by atoms with Gasteiger partial charge in [-0.2, -0.15) is 0 Å². The molecule has 0 radical (unpaired) electrons. The zero-order chi connectivity index (χ0) is 8.55. The number of hydrogen-bond donors (Lipinski definition) is 0. The fourth-order valence-corrected chi connectivity index (χ4v) is 2.06. The third-order valence-corrected chi connectivity index (χ3v) is 3.18. The van der Waals surface area contributed by atoms with Gasteiger partial charge in [0.25, 0.3) is 0 Å². The molecule has 1 aromatic rings. The van der Waals surface area contributed by atoms with Crippen LogP contribution < -0.4 is 0 Å². The van der Waals surface area contributed by atoms with E-state index in [1.165, 1.54) is 12.8 Å². The summed E-state index contributed by atoms with van der Waals surface area (Å²) in [5.74, 6) is 0.991. The van der Waals surface area contributed by atoms with Crippen LogP contribution >= 0.6 is 11.3 Å². The number of hydrogen-bond acceptors (Lipinski definition) is 3. The monoisotopic (exact) mass is 181 g/mol. The number of Topliss-reactive ketones (excluding diaryl/α,β-unsaturated/α-hetero) is 1. The van der Waals surface area contributed by atoms with E-state index in [2.05, 4.69) is 4.98 Å². The fraction of sp³-hybridized carbons (Fsp3) is 0.556. The molecule has 0 N–H and O–H groups in total. The van der Waals surface area contributed by atoms with E-state index in [1.807, 2.05) is 0 Å². The zero-order valence-corrected chi connectivity index (χ0v) is 7.86. The molecule has 0 bridgehead atoms. The molecule has 1 heterocycles. The first-order valence-corrected chi connectivity index (χ1v) is 5.03. The molecular weight excluding hydrogens is 170 g/mol. The highest BCUT2D eigenvalue weighted by molar-refractivity contribution is 7.13. The number of carbonyl (C=O) groups excluding carboxylic acids is 1. The van der Waals surface area contributed by atoms with Crippen molar-refractivity contribution in [1.29, 1.82) is 0 Å². The van der Waals surface area contributed by atoms with Gasteiger partial charge in [0.15, 0.2) is 5.78 Å². The minimum absolute atomic E-state index is 0.134. The Balaban J connectivity index is 2.06. The maximum absolute atomic E-state index is 10.9. The van der Waals surface area contributed by atoms with Crippen molar-refractivity contribution < 1.29 is 4.79 Å². The van der Waals surface area contributed by atoms with E-state index in [1.54, 1.807) is 24.5 Å². The van der Waals surface area contributed by atoms with Gasteiger partial charge < -0.3 is 0 Å². The van der Waals surface area contributed by atoms with E-state index in [0.717, 1.165) is 22.2 Å². The summed E-state index contributed by atoms with van der Waals surface area (Å²) in [5.41, 5.74) is 0. The summed E-state index contributed by atoms with van der Waals surface area (Å²) in [5, 5.41) is 1.13. The predicted molar refractivity (Wildman–Crippen MR) is 48.5 cm³/mol. The highest BCUT2D eigenvalue weighted by Gasteiger charge is 2.23. The van der Waals surface area contributed by atoms with Gasteiger partial charge >= 0.3 is 0 Å². The van der Waals surface area contributed by atoms with Crippen molar-refractivity contribution >= 4 is 17.1 Å². The van der Waals surface area contributed by atoms with Crippen LogP contribution in [0.25, 0.3) is 0 Å². The lowest BCUT2D eigenvalue weighted by Gasteiger charge is -1.88. The van der Waals surface area contributed by atoms with Crippen molar-refractivity contribution in [3.05, 3.63) is 16.1 Å². The Hall–Kier alpha value is -0.700. The molecule has 1 aromatic heterocycles.